The second-order valence-corrected chi connectivity index (χ2v) is 11.1. The van der Waals surface area contributed by atoms with Gasteiger partial charge in [-0.15, -0.1) is 0 Å². The molecule has 3 aromatic carbocycles. The first kappa shape index (κ1) is 28.8. The van der Waals surface area contributed by atoms with Crippen LogP contribution in [0.3, 0.4) is 0 Å². The third kappa shape index (κ3) is 7.38. The molecular formula is C28H31F2N3O4S. The maximum absolute atomic E-state index is 13.7. The maximum atomic E-state index is 13.7. The number of carbonyl (C=O) groups is 2. The maximum Gasteiger partial charge on any atom is 0.264 e. The molecule has 1 atom stereocenters. The number of para-hydroxylation sites is 1. The predicted molar refractivity (Wildman–Crippen MR) is 142 cm³/mol. The van der Waals surface area contributed by atoms with E-state index in [0.29, 0.717) is 12.1 Å². The first-order chi connectivity index (χ1) is 18.0. The van der Waals surface area contributed by atoms with Crippen LogP contribution in [-0.2, 0) is 26.2 Å². The first-order valence-corrected chi connectivity index (χ1v) is 13.6. The van der Waals surface area contributed by atoms with E-state index in [-0.39, 0.29) is 23.0 Å². The van der Waals surface area contributed by atoms with Gasteiger partial charge in [0.25, 0.3) is 10.0 Å². The molecule has 0 aliphatic carbocycles. The average Bonchev–Trinajstić information content (AvgIpc) is 2.90. The molecule has 38 heavy (non-hydrogen) atoms. The van der Waals surface area contributed by atoms with Crippen LogP contribution in [0.1, 0.15) is 26.3 Å². The van der Waals surface area contributed by atoms with Crippen molar-refractivity contribution in [1.82, 2.24) is 10.2 Å². The second kappa shape index (κ2) is 12.6. The highest BCUT2D eigenvalue weighted by atomic mass is 32.2. The minimum absolute atomic E-state index is 0.0470. The summed E-state index contributed by atoms with van der Waals surface area (Å²) in [6.45, 7) is 5.16. The zero-order valence-electron chi connectivity index (χ0n) is 21.5. The van der Waals surface area contributed by atoms with E-state index in [1.807, 2.05) is 13.8 Å². The second-order valence-electron chi connectivity index (χ2n) is 9.26. The molecule has 0 bridgehead atoms. The van der Waals surface area contributed by atoms with Crippen LogP contribution in [0, 0.1) is 17.6 Å². The van der Waals surface area contributed by atoms with Crippen molar-refractivity contribution in [3.05, 3.63) is 96.1 Å². The van der Waals surface area contributed by atoms with Crippen LogP contribution in [0.4, 0.5) is 14.5 Å². The van der Waals surface area contributed by atoms with E-state index in [4.69, 9.17) is 0 Å². The molecular weight excluding hydrogens is 512 g/mol. The van der Waals surface area contributed by atoms with Gasteiger partial charge in [-0.1, -0.05) is 44.2 Å². The fourth-order valence-electron chi connectivity index (χ4n) is 3.68. The molecule has 0 aromatic heterocycles. The number of carbonyl (C=O) groups excluding carboxylic acids is 2. The molecule has 0 saturated carbocycles. The molecule has 2 amide bonds. The van der Waals surface area contributed by atoms with E-state index in [2.05, 4.69) is 5.32 Å². The van der Waals surface area contributed by atoms with Gasteiger partial charge in [0.15, 0.2) is 0 Å². The van der Waals surface area contributed by atoms with Crippen molar-refractivity contribution in [3.63, 3.8) is 0 Å². The van der Waals surface area contributed by atoms with Gasteiger partial charge in [-0.05, 0) is 66.9 Å². The summed E-state index contributed by atoms with van der Waals surface area (Å²) in [6.07, 6.45) is 0. The summed E-state index contributed by atoms with van der Waals surface area (Å²) in [4.78, 5) is 27.7. The van der Waals surface area contributed by atoms with Gasteiger partial charge in [0.05, 0.1) is 10.6 Å². The zero-order chi connectivity index (χ0) is 27.9. The highest BCUT2D eigenvalue weighted by Gasteiger charge is 2.32. The highest BCUT2D eigenvalue weighted by Crippen LogP contribution is 2.24. The number of halogens is 2. The van der Waals surface area contributed by atoms with E-state index in [1.54, 1.807) is 25.1 Å². The lowest BCUT2D eigenvalue weighted by Crippen LogP contribution is -2.51. The van der Waals surface area contributed by atoms with Gasteiger partial charge in [-0.25, -0.2) is 17.2 Å². The van der Waals surface area contributed by atoms with Gasteiger partial charge in [-0.3, -0.25) is 13.9 Å². The molecule has 0 radical (unpaired) electrons. The molecule has 1 N–H and O–H groups in total. The van der Waals surface area contributed by atoms with E-state index in [0.717, 1.165) is 28.6 Å². The van der Waals surface area contributed by atoms with Crippen molar-refractivity contribution < 1.29 is 26.8 Å². The van der Waals surface area contributed by atoms with Crippen LogP contribution in [0.15, 0.2) is 83.8 Å². The van der Waals surface area contributed by atoms with Gasteiger partial charge in [0.1, 0.15) is 24.2 Å². The normalized spacial score (nSPS) is 12.2. The molecule has 0 saturated heterocycles. The van der Waals surface area contributed by atoms with Crippen LogP contribution >= 0.6 is 0 Å². The summed E-state index contributed by atoms with van der Waals surface area (Å²) < 4.78 is 55.1. The van der Waals surface area contributed by atoms with Crippen molar-refractivity contribution in [2.24, 2.45) is 5.92 Å². The van der Waals surface area contributed by atoms with Crippen molar-refractivity contribution in [2.45, 2.75) is 38.3 Å². The zero-order valence-corrected chi connectivity index (χ0v) is 22.3. The Kier molecular flexibility index (Phi) is 9.57. The Balaban J connectivity index is 1.97. The van der Waals surface area contributed by atoms with Gasteiger partial charge in [-0.2, -0.15) is 0 Å². The van der Waals surface area contributed by atoms with Crippen LogP contribution in [0.25, 0.3) is 0 Å². The molecule has 3 rings (SSSR count). The number of benzene rings is 3. The lowest BCUT2D eigenvalue weighted by Gasteiger charge is -2.32. The van der Waals surface area contributed by atoms with Crippen molar-refractivity contribution >= 4 is 27.5 Å². The van der Waals surface area contributed by atoms with Crippen molar-refractivity contribution in [1.29, 1.82) is 0 Å². The number of hydrogen-bond acceptors (Lipinski definition) is 4. The quantitative estimate of drug-likeness (QED) is 0.390. The van der Waals surface area contributed by atoms with E-state index in [1.165, 1.54) is 41.3 Å². The number of anilines is 1. The molecule has 7 nitrogen and oxygen atoms in total. The Morgan fingerprint density at radius 3 is 1.95 bits per heavy atom. The number of sulfonamides is 1. The largest absolute Gasteiger partial charge is 0.354 e. The van der Waals surface area contributed by atoms with Gasteiger partial charge in [0.2, 0.25) is 11.8 Å². The Morgan fingerprint density at radius 2 is 1.39 bits per heavy atom. The smallest absolute Gasteiger partial charge is 0.264 e. The van der Waals surface area contributed by atoms with Crippen LogP contribution in [0.5, 0.6) is 0 Å². The molecule has 3 aromatic rings. The molecule has 0 aliphatic rings. The summed E-state index contributed by atoms with van der Waals surface area (Å²) in [7, 11) is -4.28. The number of hydrogen-bond donors (Lipinski definition) is 1. The fourth-order valence-corrected chi connectivity index (χ4v) is 5.09. The molecule has 202 valence electrons. The summed E-state index contributed by atoms with van der Waals surface area (Å²) in [5.41, 5.74) is 0.791. The molecule has 0 heterocycles. The SMILES string of the molecule is CC(C)CNC(=O)C(C)N(Cc1ccc(F)cc1)C(=O)CN(c1ccccc1)S(=O)(=O)c1ccc(F)cc1. The van der Waals surface area contributed by atoms with Gasteiger partial charge in [0, 0.05) is 13.1 Å². The van der Waals surface area contributed by atoms with E-state index < -0.39 is 46.1 Å². The summed E-state index contributed by atoms with van der Waals surface area (Å²) in [5.74, 6) is -1.91. The number of nitrogens with one attached hydrogen (secondary N) is 1. The summed E-state index contributed by atoms with van der Waals surface area (Å²) in [6, 6.07) is 16.9. The first-order valence-electron chi connectivity index (χ1n) is 12.1. The third-order valence-corrected chi connectivity index (χ3v) is 7.63. The number of amides is 2. The minimum Gasteiger partial charge on any atom is -0.354 e. The monoisotopic (exact) mass is 543 g/mol. The fraction of sp³-hybridized carbons (Fsp3) is 0.286. The van der Waals surface area contributed by atoms with Gasteiger partial charge >= 0.3 is 0 Å². The third-order valence-electron chi connectivity index (χ3n) is 5.84. The molecule has 1 unspecified atom stereocenters. The van der Waals surface area contributed by atoms with Crippen LogP contribution in [-0.4, -0.2) is 44.3 Å². The Morgan fingerprint density at radius 1 is 0.842 bits per heavy atom. The Bertz CT molecular complexity index is 1330. The summed E-state index contributed by atoms with van der Waals surface area (Å²) >= 11 is 0. The van der Waals surface area contributed by atoms with Crippen LogP contribution < -0.4 is 9.62 Å². The molecule has 0 aliphatic heterocycles. The van der Waals surface area contributed by atoms with Gasteiger partial charge < -0.3 is 10.2 Å². The lowest BCUT2D eigenvalue weighted by atomic mass is 10.1. The molecule has 10 heteroatoms. The minimum atomic E-state index is -4.28. The van der Waals surface area contributed by atoms with Crippen molar-refractivity contribution in [2.75, 3.05) is 17.4 Å². The van der Waals surface area contributed by atoms with E-state index in [9.17, 15) is 26.8 Å². The van der Waals surface area contributed by atoms with Crippen LogP contribution in [0.2, 0.25) is 0 Å². The Labute approximate surface area is 222 Å². The van der Waals surface area contributed by atoms with E-state index >= 15 is 0 Å². The lowest BCUT2D eigenvalue weighted by molar-refractivity contribution is -0.139. The molecule has 0 fully saturated rings. The number of rotatable bonds is 11. The summed E-state index contributed by atoms with van der Waals surface area (Å²) in [5, 5.41) is 2.80. The topological polar surface area (TPSA) is 86.8 Å². The standard InChI is InChI=1S/C28H31F2N3O4S/c1-20(2)17-31-28(35)21(3)32(18-22-9-11-23(29)12-10-22)27(34)19-33(25-7-5-4-6-8-25)38(36,37)26-15-13-24(30)14-16-26/h4-16,20-21H,17-19H2,1-3H3,(H,31,35). The molecule has 0 spiro atoms. The predicted octanol–water partition coefficient (Wildman–Crippen LogP) is 4.35. The Hall–Kier alpha value is -3.79. The average molecular weight is 544 g/mol. The van der Waals surface area contributed by atoms with Crippen molar-refractivity contribution in [3.8, 4) is 0 Å². The highest BCUT2D eigenvalue weighted by molar-refractivity contribution is 7.92. The number of nitrogens with zero attached hydrogens (tertiary/aromatic N) is 2.